The number of nitrogens with zero attached hydrogens (tertiary/aromatic N) is 1. The van der Waals surface area contributed by atoms with Gasteiger partial charge in [-0.25, -0.2) is 0 Å². The van der Waals surface area contributed by atoms with E-state index in [0.717, 1.165) is 11.4 Å². The van der Waals surface area contributed by atoms with Crippen LogP contribution in [0.1, 0.15) is 5.56 Å². The summed E-state index contributed by atoms with van der Waals surface area (Å²) in [4.78, 5) is 5.72. The Morgan fingerprint density at radius 1 is 0.750 bits per heavy atom. The summed E-state index contributed by atoms with van der Waals surface area (Å²) in [7, 11) is 0. The van der Waals surface area contributed by atoms with Crippen LogP contribution in [0.5, 0.6) is 0 Å². The van der Waals surface area contributed by atoms with Crippen LogP contribution in [0.2, 0.25) is 0 Å². The van der Waals surface area contributed by atoms with E-state index in [1.54, 1.807) is 0 Å². The molecular formula is C18H15NS. The van der Waals surface area contributed by atoms with Crippen LogP contribution in [-0.4, -0.2) is 4.98 Å². The molecule has 0 saturated heterocycles. The van der Waals surface area contributed by atoms with E-state index in [1.165, 1.54) is 16.0 Å². The third-order valence-corrected chi connectivity index (χ3v) is 4.21. The lowest BCUT2D eigenvalue weighted by atomic mass is 10.1. The highest BCUT2D eigenvalue weighted by atomic mass is 32.2. The summed E-state index contributed by atoms with van der Waals surface area (Å²) in [5, 5.41) is 0. The van der Waals surface area contributed by atoms with E-state index in [0.29, 0.717) is 0 Å². The number of thioether (sulfide) groups is 1. The zero-order chi connectivity index (χ0) is 13.6. The summed E-state index contributed by atoms with van der Waals surface area (Å²) in [6.45, 7) is 0. The molecule has 20 heavy (non-hydrogen) atoms. The molecular weight excluding hydrogens is 262 g/mol. The highest BCUT2D eigenvalue weighted by molar-refractivity contribution is 7.98. The molecule has 2 heteroatoms. The van der Waals surface area contributed by atoms with Gasteiger partial charge in [0.25, 0.3) is 0 Å². The summed E-state index contributed by atoms with van der Waals surface area (Å²) in [6, 6.07) is 25.0. The molecule has 0 unspecified atom stereocenters. The highest BCUT2D eigenvalue weighted by Gasteiger charge is 2.05. The molecule has 3 rings (SSSR count). The van der Waals surface area contributed by atoms with Crippen molar-refractivity contribution in [2.45, 2.75) is 10.6 Å². The van der Waals surface area contributed by atoms with Gasteiger partial charge in [-0.2, -0.15) is 0 Å². The van der Waals surface area contributed by atoms with Crippen LogP contribution < -0.4 is 0 Å². The van der Waals surface area contributed by atoms with Crippen LogP contribution in [0.15, 0.2) is 83.9 Å². The molecule has 0 aliphatic heterocycles. The molecule has 0 radical (unpaired) electrons. The second-order valence-corrected chi connectivity index (χ2v) is 5.50. The van der Waals surface area contributed by atoms with Gasteiger partial charge in [0.1, 0.15) is 0 Å². The zero-order valence-electron chi connectivity index (χ0n) is 11.1. The van der Waals surface area contributed by atoms with Crippen molar-refractivity contribution in [1.29, 1.82) is 0 Å². The van der Waals surface area contributed by atoms with Crippen molar-refractivity contribution >= 4 is 11.8 Å². The third-order valence-electron chi connectivity index (χ3n) is 3.07. The molecule has 0 aliphatic rings. The Kier molecular flexibility index (Phi) is 4.14. The first-order chi connectivity index (χ1) is 9.93. The average molecular weight is 277 g/mol. The normalized spacial score (nSPS) is 10.4. The Labute approximate surface area is 123 Å². The first kappa shape index (κ1) is 12.9. The minimum atomic E-state index is 0.977. The number of pyridine rings is 1. The predicted molar refractivity (Wildman–Crippen MR) is 85.7 cm³/mol. The number of hydrogen-bond donors (Lipinski definition) is 0. The fraction of sp³-hybridized carbons (Fsp3) is 0.0556. The molecule has 0 aliphatic carbocycles. The van der Waals surface area contributed by atoms with Crippen LogP contribution in [-0.2, 0) is 5.75 Å². The quantitative estimate of drug-likeness (QED) is 0.620. The molecule has 0 saturated carbocycles. The van der Waals surface area contributed by atoms with E-state index in [4.69, 9.17) is 0 Å². The predicted octanol–water partition coefficient (Wildman–Crippen LogP) is 5.04. The van der Waals surface area contributed by atoms with Crippen molar-refractivity contribution in [1.82, 2.24) is 4.98 Å². The van der Waals surface area contributed by atoms with Gasteiger partial charge in [0.05, 0.1) is 5.69 Å². The fourth-order valence-electron chi connectivity index (χ4n) is 2.06. The van der Waals surface area contributed by atoms with E-state index in [-0.39, 0.29) is 0 Å². The topological polar surface area (TPSA) is 12.9 Å². The van der Waals surface area contributed by atoms with E-state index in [1.807, 2.05) is 30.1 Å². The molecule has 0 fully saturated rings. The molecule has 0 N–H and O–H groups in total. The van der Waals surface area contributed by atoms with Gasteiger partial charge in [0, 0.05) is 22.4 Å². The van der Waals surface area contributed by atoms with Crippen molar-refractivity contribution < 1.29 is 0 Å². The van der Waals surface area contributed by atoms with Crippen LogP contribution in [0.25, 0.3) is 11.3 Å². The van der Waals surface area contributed by atoms with Gasteiger partial charge in [-0.15, -0.1) is 11.8 Å². The first-order valence-corrected chi connectivity index (χ1v) is 7.59. The summed E-state index contributed by atoms with van der Waals surface area (Å²) >= 11 is 1.85. The number of rotatable bonds is 4. The molecule has 0 spiro atoms. The molecule has 0 amide bonds. The van der Waals surface area contributed by atoms with E-state index in [9.17, 15) is 0 Å². The van der Waals surface area contributed by atoms with Gasteiger partial charge in [-0.1, -0.05) is 54.6 Å². The van der Waals surface area contributed by atoms with Gasteiger partial charge in [0.15, 0.2) is 0 Å². The SMILES string of the molecule is c1ccc(CSc2ccccc2-c2ccccn2)cc1. The fourth-order valence-corrected chi connectivity index (χ4v) is 3.08. The Balaban J connectivity index is 1.84. The standard InChI is InChI=1S/C18H15NS/c1-2-8-15(9-3-1)14-20-18-12-5-4-10-16(18)17-11-6-7-13-19-17/h1-13H,14H2. The van der Waals surface area contributed by atoms with Crippen LogP contribution in [0.4, 0.5) is 0 Å². The van der Waals surface area contributed by atoms with E-state index in [2.05, 4.69) is 65.6 Å². The van der Waals surface area contributed by atoms with Crippen molar-refractivity contribution in [3.05, 3.63) is 84.6 Å². The van der Waals surface area contributed by atoms with E-state index >= 15 is 0 Å². The van der Waals surface area contributed by atoms with Crippen LogP contribution in [0, 0.1) is 0 Å². The maximum atomic E-state index is 4.45. The second kappa shape index (κ2) is 6.40. The first-order valence-electron chi connectivity index (χ1n) is 6.60. The van der Waals surface area contributed by atoms with E-state index < -0.39 is 0 Å². The Morgan fingerprint density at radius 2 is 1.50 bits per heavy atom. The number of benzene rings is 2. The largest absolute Gasteiger partial charge is 0.256 e. The monoisotopic (exact) mass is 277 g/mol. The van der Waals surface area contributed by atoms with Gasteiger partial charge in [-0.05, 0) is 23.8 Å². The molecule has 0 atom stereocenters. The van der Waals surface area contributed by atoms with Gasteiger partial charge in [0.2, 0.25) is 0 Å². The lowest BCUT2D eigenvalue weighted by molar-refractivity contribution is 1.29. The minimum Gasteiger partial charge on any atom is -0.256 e. The van der Waals surface area contributed by atoms with Crippen molar-refractivity contribution in [3.63, 3.8) is 0 Å². The maximum absolute atomic E-state index is 4.45. The maximum Gasteiger partial charge on any atom is 0.0713 e. The third kappa shape index (κ3) is 3.09. The van der Waals surface area contributed by atoms with Crippen molar-refractivity contribution in [3.8, 4) is 11.3 Å². The molecule has 0 bridgehead atoms. The molecule has 2 aromatic carbocycles. The minimum absolute atomic E-state index is 0.977. The lowest BCUT2D eigenvalue weighted by Gasteiger charge is -2.08. The summed E-state index contributed by atoms with van der Waals surface area (Å²) in [5.41, 5.74) is 3.58. The smallest absolute Gasteiger partial charge is 0.0713 e. The Morgan fingerprint density at radius 3 is 2.30 bits per heavy atom. The lowest BCUT2D eigenvalue weighted by Crippen LogP contribution is -1.86. The molecule has 1 nitrogen and oxygen atoms in total. The van der Waals surface area contributed by atoms with Crippen LogP contribution >= 0.6 is 11.8 Å². The Bertz CT molecular complexity index is 665. The van der Waals surface area contributed by atoms with Crippen molar-refractivity contribution in [2.75, 3.05) is 0 Å². The molecule has 1 heterocycles. The Hall–Kier alpha value is -2.06. The molecule has 1 aromatic heterocycles. The number of aromatic nitrogens is 1. The average Bonchev–Trinajstić information content (AvgIpc) is 2.55. The van der Waals surface area contributed by atoms with Gasteiger partial charge >= 0.3 is 0 Å². The zero-order valence-corrected chi connectivity index (χ0v) is 11.9. The van der Waals surface area contributed by atoms with Gasteiger partial charge < -0.3 is 0 Å². The summed E-state index contributed by atoms with van der Waals surface area (Å²) < 4.78 is 0. The van der Waals surface area contributed by atoms with Gasteiger partial charge in [-0.3, -0.25) is 4.98 Å². The summed E-state index contributed by atoms with van der Waals surface area (Å²) in [6.07, 6.45) is 1.84. The highest BCUT2D eigenvalue weighted by Crippen LogP contribution is 2.31. The molecule has 98 valence electrons. The second-order valence-electron chi connectivity index (χ2n) is 4.49. The van der Waals surface area contributed by atoms with Crippen molar-refractivity contribution in [2.24, 2.45) is 0 Å². The number of hydrogen-bond acceptors (Lipinski definition) is 2. The summed E-state index contributed by atoms with van der Waals surface area (Å²) in [5.74, 6) is 0.977. The van der Waals surface area contributed by atoms with Crippen LogP contribution in [0.3, 0.4) is 0 Å². The molecule has 3 aromatic rings.